The van der Waals surface area contributed by atoms with Gasteiger partial charge in [-0.15, -0.1) is 10.2 Å². The van der Waals surface area contributed by atoms with Gasteiger partial charge in [0.2, 0.25) is 5.91 Å². The van der Waals surface area contributed by atoms with Gasteiger partial charge >= 0.3 is 6.18 Å². The highest BCUT2D eigenvalue weighted by molar-refractivity contribution is 8.00. The van der Waals surface area contributed by atoms with Gasteiger partial charge in [0, 0.05) is 30.1 Å². The average molecular weight is 494 g/mol. The molecule has 1 aromatic heterocycles. The Labute approximate surface area is 196 Å². The minimum atomic E-state index is -4.43. The number of alkyl halides is 3. The monoisotopic (exact) mass is 494 g/mol. The smallest absolute Gasteiger partial charge is 0.378 e. The lowest BCUT2D eigenvalue weighted by atomic mass is 10.2. The van der Waals surface area contributed by atoms with Gasteiger partial charge in [0.1, 0.15) is 0 Å². The van der Waals surface area contributed by atoms with Crippen molar-refractivity contribution < 1.29 is 22.9 Å². The van der Waals surface area contributed by atoms with Gasteiger partial charge in [0.05, 0.1) is 22.3 Å². The number of anilines is 2. The van der Waals surface area contributed by atoms with Crippen LogP contribution in [-0.4, -0.2) is 30.8 Å². The topological polar surface area (TPSA) is 115 Å². The van der Waals surface area contributed by atoms with Crippen LogP contribution in [0.2, 0.25) is 0 Å². The molecule has 0 fully saturated rings. The molecule has 3 rings (SSSR count). The molecule has 1 amide bonds. The van der Waals surface area contributed by atoms with Crippen molar-refractivity contribution in [1.29, 1.82) is 0 Å². The van der Waals surface area contributed by atoms with E-state index in [9.17, 15) is 28.1 Å². The zero-order valence-corrected chi connectivity index (χ0v) is 19.0. The van der Waals surface area contributed by atoms with E-state index < -0.39 is 21.9 Å². The van der Waals surface area contributed by atoms with Crippen LogP contribution in [0.3, 0.4) is 0 Å². The first-order chi connectivity index (χ1) is 16.1. The van der Waals surface area contributed by atoms with E-state index in [1.165, 1.54) is 48.2 Å². The van der Waals surface area contributed by atoms with Crippen LogP contribution in [0.25, 0.3) is 0 Å². The number of amides is 1. The summed E-state index contributed by atoms with van der Waals surface area (Å²) in [6.45, 7) is 4.18. The standard InChI is InChI=1S/C21H21F3N6O3S/c1-3-29-18(12-25-16-6-4-5-14(11-16)21(22,23)24)27-28-20(29)34-13(2)19(31)26-15-7-9-17(10-8-15)30(32)33/h4-11,13,25H,3,12H2,1-2H3,(H,26,31). The highest BCUT2D eigenvalue weighted by atomic mass is 32.2. The Kier molecular flexibility index (Phi) is 7.76. The molecule has 3 aromatic rings. The third-order valence-corrected chi connectivity index (χ3v) is 5.83. The van der Waals surface area contributed by atoms with E-state index in [2.05, 4.69) is 20.8 Å². The molecule has 1 atom stereocenters. The molecule has 0 saturated heterocycles. The summed E-state index contributed by atoms with van der Waals surface area (Å²) < 4.78 is 40.5. The molecule has 34 heavy (non-hydrogen) atoms. The summed E-state index contributed by atoms with van der Waals surface area (Å²) in [7, 11) is 0. The van der Waals surface area contributed by atoms with E-state index in [4.69, 9.17) is 0 Å². The van der Waals surface area contributed by atoms with E-state index in [1.807, 2.05) is 6.92 Å². The minimum absolute atomic E-state index is 0.0808. The second-order valence-electron chi connectivity index (χ2n) is 7.13. The van der Waals surface area contributed by atoms with Gasteiger partial charge in [-0.1, -0.05) is 17.8 Å². The van der Waals surface area contributed by atoms with Gasteiger partial charge in [-0.25, -0.2) is 0 Å². The lowest BCUT2D eigenvalue weighted by Gasteiger charge is -2.13. The van der Waals surface area contributed by atoms with Crippen LogP contribution in [0.1, 0.15) is 25.2 Å². The number of non-ortho nitro benzene ring substituents is 1. The maximum atomic E-state index is 12.9. The summed E-state index contributed by atoms with van der Waals surface area (Å²) in [6, 6.07) is 10.4. The van der Waals surface area contributed by atoms with Crippen molar-refractivity contribution in [2.75, 3.05) is 10.6 Å². The molecule has 2 aromatic carbocycles. The number of aromatic nitrogens is 3. The van der Waals surface area contributed by atoms with Gasteiger partial charge in [-0.2, -0.15) is 13.2 Å². The van der Waals surface area contributed by atoms with E-state index in [-0.39, 0.29) is 18.1 Å². The lowest BCUT2D eigenvalue weighted by molar-refractivity contribution is -0.384. The Hall–Kier alpha value is -3.61. The summed E-state index contributed by atoms with van der Waals surface area (Å²) >= 11 is 1.17. The van der Waals surface area contributed by atoms with Crippen molar-refractivity contribution >= 4 is 34.7 Å². The number of nitro groups is 1. The number of hydrogen-bond acceptors (Lipinski definition) is 7. The number of nitrogens with zero attached hydrogens (tertiary/aromatic N) is 4. The normalized spacial score (nSPS) is 12.3. The Morgan fingerprint density at radius 2 is 1.88 bits per heavy atom. The zero-order valence-electron chi connectivity index (χ0n) is 18.2. The molecule has 0 saturated carbocycles. The number of halogens is 3. The van der Waals surface area contributed by atoms with E-state index in [1.54, 1.807) is 11.5 Å². The third kappa shape index (κ3) is 6.25. The molecular weight excluding hydrogens is 473 g/mol. The predicted octanol–water partition coefficient (Wildman–Crippen LogP) is 4.96. The summed E-state index contributed by atoms with van der Waals surface area (Å²) in [5, 5.41) is 24.5. The molecule has 2 N–H and O–H groups in total. The van der Waals surface area contributed by atoms with Crippen LogP contribution in [0.5, 0.6) is 0 Å². The highest BCUT2D eigenvalue weighted by Crippen LogP contribution is 2.31. The number of carbonyl (C=O) groups excluding carboxylic acids is 1. The number of thioether (sulfide) groups is 1. The molecule has 0 radical (unpaired) electrons. The number of hydrogen-bond donors (Lipinski definition) is 2. The summed E-state index contributed by atoms with van der Waals surface area (Å²) in [5.41, 5.74) is -0.113. The maximum Gasteiger partial charge on any atom is 0.416 e. The van der Waals surface area contributed by atoms with Crippen molar-refractivity contribution in [3.8, 4) is 0 Å². The molecule has 0 aliphatic heterocycles. The minimum Gasteiger partial charge on any atom is -0.378 e. The fourth-order valence-electron chi connectivity index (χ4n) is 2.96. The highest BCUT2D eigenvalue weighted by Gasteiger charge is 2.30. The van der Waals surface area contributed by atoms with Gasteiger partial charge in [-0.05, 0) is 44.2 Å². The molecule has 9 nitrogen and oxygen atoms in total. The molecule has 0 aliphatic rings. The Morgan fingerprint density at radius 3 is 2.50 bits per heavy atom. The van der Waals surface area contributed by atoms with E-state index >= 15 is 0 Å². The summed E-state index contributed by atoms with van der Waals surface area (Å²) in [6.07, 6.45) is -4.43. The van der Waals surface area contributed by atoms with Crippen LogP contribution in [0, 0.1) is 10.1 Å². The Balaban J connectivity index is 1.63. The molecule has 0 spiro atoms. The van der Waals surface area contributed by atoms with Crippen LogP contribution < -0.4 is 10.6 Å². The first-order valence-corrected chi connectivity index (χ1v) is 11.0. The summed E-state index contributed by atoms with van der Waals surface area (Å²) in [4.78, 5) is 22.8. The number of nitro benzene ring substituents is 1. The van der Waals surface area contributed by atoms with Crippen LogP contribution in [0.15, 0.2) is 53.7 Å². The molecule has 0 aliphatic carbocycles. The van der Waals surface area contributed by atoms with Gasteiger partial charge in [0.25, 0.3) is 5.69 Å². The average Bonchev–Trinajstić information content (AvgIpc) is 3.18. The molecule has 180 valence electrons. The lowest BCUT2D eigenvalue weighted by Crippen LogP contribution is -2.23. The van der Waals surface area contributed by atoms with Crippen molar-refractivity contribution in [2.24, 2.45) is 0 Å². The van der Waals surface area contributed by atoms with Crippen molar-refractivity contribution in [1.82, 2.24) is 14.8 Å². The van der Waals surface area contributed by atoms with E-state index in [0.717, 1.165) is 12.1 Å². The molecule has 1 unspecified atom stereocenters. The van der Waals surface area contributed by atoms with Gasteiger partial charge < -0.3 is 15.2 Å². The predicted molar refractivity (Wildman–Crippen MR) is 122 cm³/mol. The zero-order chi connectivity index (χ0) is 24.9. The second-order valence-corrected chi connectivity index (χ2v) is 8.44. The Morgan fingerprint density at radius 1 is 1.18 bits per heavy atom. The Bertz CT molecular complexity index is 1170. The van der Waals surface area contributed by atoms with Crippen molar-refractivity contribution in [3.63, 3.8) is 0 Å². The fourth-order valence-corrected chi connectivity index (χ4v) is 3.90. The third-order valence-electron chi connectivity index (χ3n) is 4.75. The quantitative estimate of drug-likeness (QED) is 0.246. The summed E-state index contributed by atoms with van der Waals surface area (Å²) in [5.74, 6) is 0.179. The number of nitrogens with one attached hydrogen (secondary N) is 2. The van der Waals surface area contributed by atoms with Gasteiger partial charge in [-0.3, -0.25) is 14.9 Å². The van der Waals surface area contributed by atoms with Crippen LogP contribution in [0.4, 0.5) is 30.2 Å². The largest absolute Gasteiger partial charge is 0.416 e. The molecule has 13 heteroatoms. The molecule has 1 heterocycles. The second kappa shape index (κ2) is 10.5. The van der Waals surface area contributed by atoms with Gasteiger partial charge in [0.15, 0.2) is 11.0 Å². The van der Waals surface area contributed by atoms with E-state index in [0.29, 0.717) is 28.9 Å². The molecular formula is C21H21F3N6O3S. The van der Waals surface area contributed by atoms with Crippen molar-refractivity contribution in [3.05, 3.63) is 70.0 Å². The number of rotatable bonds is 9. The SMILES string of the molecule is CCn1c(CNc2cccc(C(F)(F)F)c2)nnc1SC(C)C(=O)Nc1ccc([N+](=O)[O-])cc1. The maximum absolute atomic E-state index is 12.9. The fraction of sp³-hybridized carbons (Fsp3) is 0.286. The van der Waals surface area contributed by atoms with Crippen molar-refractivity contribution in [2.45, 2.75) is 43.5 Å². The first kappa shape index (κ1) is 25.0. The van der Waals surface area contributed by atoms with Crippen LogP contribution >= 0.6 is 11.8 Å². The molecule has 0 bridgehead atoms. The number of benzene rings is 2. The van der Waals surface area contributed by atoms with Crippen LogP contribution in [-0.2, 0) is 24.1 Å². The first-order valence-electron chi connectivity index (χ1n) is 10.1. The number of carbonyl (C=O) groups is 1.